The SMILES string of the molecule is CC(C)(C)OC(=O)N1CCc2nc(N3CCCCC3)ncc2C1. The summed E-state index contributed by atoms with van der Waals surface area (Å²) >= 11 is 0. The van der Waals surface area contributed by atoms with Crippen molar-refractivity contribution in [2.75, 3.05) is 24.5 Å². The maximum Gasteiger partial charge on any atom is 0.410 e. The van der Waals surface area contributed by atoms with Gasteiger partial charge in [0.1, 0.15) is 5.60 Å². The second-order valence-electron chi connectivity index (χ2n) is 7.34. The quantitative estimate of drug-likeness (QED) is 0.797. The lowest BCUT2D eigenvalue weighted by Crippen LogP contribution is -2.40. The van der Waals surface area contributed by atoms with E-state index in [0.717, 1.165) is 36.7 Å². The molecule has 0 aromatic carbocycles. The Morgan fingerprint density at radius 1 is 1.17 bits per heavy atom. The number of rotatable bonds is 1. The van der Waals surface area contributed by atoms with Crippen LogP contribution in [0, 0.1) is 0 Å². The van der Waals surface area contributed by atoms with Crippen molar-refractivity contribution in [2.24, 2.45) is 0 Å². The number of hydrogen-bond donors (Lipinski definition) is 0. The van der Waals surface area contributed by atoms with E-state index in [4.69, 9.17) is 9.72 Å². The molecule has 1 aromatic rings. The largest absolute Gasteiger partial charge is 0.444 e. The minimum absolute atomic E-state index is 0.261. The first-order chi connectivity index (χ1) is 10.9. The van der Waals surface area contributed by atoms with E-state index in [1.807, 2.05) is 27.0 Å². The van der Waals surface area contributed by atoms with E-state index in [1.165, 1.54) is 19.3 Å². The van der Waals surface area contributed by atoms with Crippen LogP contribution in [-0.2, 0) is 17.7 Å². The molecule has 0 radical (unpaired) electrons. The zero-order valence-corrected chi connectivity index (χ0v) is 14.3. The Labute approximate surface area is 137 Å². The van der Waals surface area contributed by atoms with Crippen LogP contribution in [0.3, 0.4) is 0 Å². The molecule has 23 heavy (non-hydrogen) atoms. The summed E-state index contributed by atoms with van der Waals surface area (Å²) in [6.45, 7) is 8.93. The van der Waals surface area contributed by atoms with Crippen LogP contribution in [0.1, 0.15) is 51.3 Å². The molecule has 0 spiro atoms. The van der Waals surface area contributed by atoms with Crippen molar-refractivity contribution in [2.45, 2.75) is 58.6 Å². The molecule has 1 aromatic heterocycles. The van der Waals surface area contributed by atoms with E-state index in [1.54, 1.807) is 4.90 Å². The molecule has 0 aliphatic carbocycles. The number of ether oxygens (including phenoxy) is 1. The average Bonchev–Trinajstić information content (AvgIpc) is 2.53. The Hall–Kier alpha value is -1.85. The predicted molar refractivity (Wildman–Crippen MR) is 88.4 cm³/mol. The molecule has 0 N–H and O–H groups in total. The number of amides is 1. The van der Waals surface area contributed by atoms with Gasteiger partial charge in [-0.2, -0.15) is 0 Å². The van der Waals surface area contributed by atoms with E-state index < -0.39 is 5.60 Å². The highest BCUT2D eigenvalue weighted by Crippen LogP contribution is 2.22. The molecular formula is C17H26N4O2. The minimum atomic E-state index is -0.466. The number of piperidine rings is 1. The zero-order valence-electron chi connectivity index (χ0n) is 14.3. The van der Waals surface area contributed by atoms with E-state index in [0.29, 0.717) is 13.1 Å². The Balaban J connectivity index is 1.69. The Bertz CT molecular complexity index is 576. The van der Waals surface area contributed by atoms with Crippen LogP contribution in [0.25, 0.3) is 0 Å². The number of fused-ring (bicyclic) bond motifs is 1. The summed E-state index contributed by atoms with van der Waals surface area (Å²) in [4.78, 5) is 25.5. The Morgan fingerprint density at radius 3 is 2.61 bits per heavy atom. The molecule has 1 fully saturated rings. The van der Waals surface area contributed by atoms with Crippen LogP contribution in [0.4, 0.5) is 10.7 Å². The van der Waals surface area contributed by atoms with Gasteiger partial charge in [0.25, 0.3) is 0 Å². The van der Waals surface area contributed by atoms with Crippen LogP contribution in [0.5, 0.6) is 0 Å². The normalized spacial score (nSPS) is 18.6. The molecule has 2 aliphatic heterocycles. The topological polar surface area (TPSA) is 58.6 Å². The standard InChI is InChI=1S/C17H26N4O2/c1-17(2,3)23-16(22)21-10-7-14-13(12-21)11-18-15(19-14)20-8-5-4-6-9-20/h11H,4-10,12H2,1-3H3. The zero-order chi connectivity index (χ0) is 16.4. The summed E-state index contributed by atoms with van der Waals surface area (Å²) in [6, 6.07) is 0. The van der Waals surface area contributed by atoms with E-state index in [9.17, 15) is 4.79 Å². The summed E-state index contributed by atoms with van der Waals surface area (Å²) < 4.78 is 5.45. The Morgan fingerprint density at radius 2 is 1.91 bits per heavy atom. The van der Waals surface area contributed by atoms with Gasteiger partial charge in [0.05, 0.1) is 12.2 Å². The van der Waals surface area contributed by atoms with Gasteiger partial charge >= 0.3 is 6.09 Å². The van der Waals surface area contributed by atoms with Gasteiger partial charge in [-0.25, -0.2) is 14.8 Å². The Kier molecular flexibility index (Phi) is 4.41. The van der Waals surface area contributed by atoms with Gasteiger partial charge in [-0.1, -0.05) is 0 Å². The molecule has 0 bridgehead atoms. The van der Waals surface area contributed by atoms with Crippen LogP contribution < -0.4 is 4.90 Å². The second kappa shape index (κ2) is 6.34. The first-order valence-corrected chi connectivity index (χ1v) is 8.50. The van der Waals surface area contributed by atoms with Gasteiger partial charge in [0.2, 0.25) is 5.95 Å². The van der Waals surface area contributed by atoms with E-state index in [2.05, 4.69) is 9.88 Å². The lowest BCUT2D eigenvalue weighted by Gasteiger charge is -2.32. The fourth-order valence-electron chi connectivity index (χ4n) is 3.03. The third-order valence-electron chi connectivity index (χ3n) is 4.21. The van der Waals surface area contributed by atoms with Crippen molar-refractivity contribution in [3.8, 4) is 0 Å². The predicted octanol–water partition coefficient (Wildman–Crippen LogP) is 2.76. The van der Waals surface area contributed by atoms with Gasteiger partial charge in [-0.05, 0) is 40.0 Å². The molecule has 6 nitrogen and oxygen atoms in total. The van der Waals surface area contributed by atoms with Crippen molar-refractivity contribution < 1.29 is 9.53 Å². The van der Waals surface area contributed by atoms with E-state index in [-0.39, 0.29) is 6.09 Å². The van der Waals surface area contributed by atoms with Crippen LogP contribution >= 0.6 is 0 Å². The smallest absolute Gasteiger partial charge is 0.410 e. The highest BCUT2D eigenvalue weighted by molar-refractivity contribution is 5.68. The number of anilines is 1. The van der Waals surface area contributed by atoms with Gasteiger partial charge < -0.3 is 14.5 Å². The fraction of sp³-hybridized carbons (Fsp3) is 0.706. The average molecular weight is 318 g/mol. The van der Waals surface area contributed by atoms with Crippen molar-refractivity contribution in [1.29, 1.82) is 0 Å². The number of carbonyl (C=O) groups excluding carboxylic acids is 1. The lowest BCUT2D eigenvalue weighted by atomic mass is 10.1. The molecule has 1 saturated heterocycles. The van der Waals surface area contributed by atoms with Gasteiger partial charge in [0.15, 0.2) is 0 Å². The molecule has 2 aliphatic rings. The highest BCUT2D eigenvalue weighted by Gasteiger charge is 2.27. The van der Waals surface area contributed by atoms with Crippen molar-refractivity contribution >= 4 is 12.0 Å². The monoisotopic (exact) mass is 318 g/mol. The number of carbonyl (C=O) groups is 1. The number of hydrogen-bond acceptors (Lipinski definition) is 5. The third kappa shape index (κ3) is 3.92. The van der Waals surface area contributed by atoms with Crippen molar-refractivity contribution in [3.05, 3.63) is 17.5 Å². The molecule has 126 valence electrons. The van der Waals surface area contributed by atoms with E-state index >= 15 is 0 Å². The van der Waals surface area contributed by atoms with Gasteiger partial charge in [-0.3, -0.25) is 0 Å². The molecule has 0 atom stereocenters. The lowest BCUT2D eigenvalue weighted by molar-refractivity contribution is 0.0222. The molecule has 3 heterocycles. The highest BCUT2D eigenvalue weighted by atomic mass is 16.6. The first-order valence-electron chi connectivity index (χ1n) is 8.50. The van der Waals surface area contributed by atoms with Gasteiger partial charge in [-0.15, -0.1) is 0 Å². The summed E-state index contributed by atoms with van der Waals surface area (Å²) in [5.41, 5.74) is 1.63. The molecule has 0 saturated carbocycles. The van der Waals surface area contributed by atoms with Crippen LogP contribution in [-0.4, -0.2) is 46.2 Å². The second-order valence-corrected chi connectivity index (χ2v) is 7.34. The molecule has 1 amide bonds. The van der Waals surface area contributed by atoms with Crippen LogP contribution in [0.2, 0.25) is 0 Å². The maximum atomic E-state index is 12.2. The maximum absolute atomic E-state index is 12.2. The fourth-order valence-corrected chi connectivity index (χ4v) is 3.03. The molecular weight excluding hydrogens is 292 g/mol. The van der Waals surface area contributed by atoms with Crippen LogP contribution in [0.15, 0.2) is 6.20 Å². The summed E-state index contributed by atoms with van der Waals surface area (Å²) in [5.74, 6) is 0.842. The number of nitrogens with zero attached hydrogens (tertiary/aromatic N) is 4. The molecule has 3 rings (SSSR count). The molecule has 0 unspecified atom stereocenters. The minimum Gasteiger partial charge on any atom is -0.444 e. The van der Waals surface area contributed by atoms with Gasteiger partial charge in [0, 0.05) is 37.8 Å². The number of aromatic nitrogens is 2. The molecule has 6 heteroatoms. The summed E-state index contributed by atoms with van der Waals surface area (Å²) in [7, 11) is 0. The summed E-state index contributed by atoms with van der Waals surface area (Å²) in [6.07, 6.45) is 6.11. The first kappa shape index (κ1) is 16.0. The third-order valence-corrected chi connectivity index (χ3v) is 4.21. The van der Waals surface area contributed by atoms with Crippen molar-refractivity contribution in [3.63, 3.8) is 0 Å². The summed E-state index contributed by atoms with van der Waals surface area (Å²) in [5, 5.41) is 0. The van der Waals surface area contributed by atoms with Crippen molar-refractivity contribution in [1.82, 2.24) is 14.9 Å².